The molecule has 0 atom stereocenters. The predicted octanol–water partition coefficient (Wildman–Crippen LogP) is 1.72. The van der Waals surface area contributed by atoms with E-state index in [1.54, 1.807) is 31.4 Å². The summed E-state index contributed by atoms with van der Waals surface area (Å²) in [6.45, 7) is 3.79. The number of hydrogen-bond acceptors (Lipinski definition) is 4. The summed E-state index contributed by atoms with van der Waals surface area (Å²) in [6, 6.07) is 8.48. The predicted molar refractivity (Wildman–Crippen MR) is 82.5 cm³/mol. The fraction of sp³-hybridized carbons (Fsp3) is 0.357. The van der Waals surface area contributed by atoms with Crippen LogP contribution in [-0.2, 0) is 23.6 Å². The Morgan fingerprint density at radius 2 is 1.90 bits per heavy atom. The molecule has 0 radical (unpaired) electrons. The van der Waals surface area contributed by atoms with E-state index in [4.69, 9.17) is 0 Å². The van der Waals surface area contributed by atoms with Gasteiger partial charge < -0.3 is 5.32 Å². The number of nitrogens with zero attached hydrogens (tertiary/aromatic N) is 2. The first kappa shape index (κ1) is 15.5. The third-order valence-electron chi connectivity index (χ3n) is 3.05. The standard InChI is InChI=1S/C14H20N4O2S/c1-3-9-15-11-12-4-6-13(7-5-12)21(19,20)17-14-8-10-16-18(14)2/h4-8,10,15,17H,3,9,11H2,1-2H3. The van der Waals surface area contributed by atoms with Gasteiger partial charge in [-0.3, -0.25) is 9.40 Å². The molecule has 0 saturated carbocycles. The molecule has 1 heterocycles. The van der Waals surface area contributed by atoms with Crippen molar-refractivity contribution in [2.45, 2.75) is 24.8 Å². The molecular weight excluding hydrogens is 288 g/mol. The van der Waals surface area contributed by atoms with Gasteiger partial charge in [-0.15, -0.1) is 0 Å². The summed E-state index contributed by atoms with van der Waals surface area (Å²) in [5.74, 6) is 0.434. The molecule has 2 rings (SSSR count). The van der Waals surface area contributed by atoms with Gasteiger partial charge in [-0.05, 0) is 30.7 Å². The maximum Gasteiger partial charge on any atom is 0.263 e. The number of rotatable bonds is 7. The Morgan fingerprint density at radius 1 is 1.19 bits per heavy atom. The molecule has 0 saturated heterocycles. The lowest BCUT2D eigenvalue weighted by Crippen LogP contribution is -2.16. The van der Waals surface area contributed by atoms with E-state index in [1.807, 2.05) is 12.1 Å². The monoisotopic (exact) mass is 308 g/mol. The normalized spacial score (nSPS) is 11.5. The third-order valence-corrected chi connectivity index (χ3v) is 4.42. The summed E-state index contributed by atoms with van der Waals surface area (Å²) in [4.78, 5) is 0.239. The second-order valence-electron chi connectivity index (χ2n) is 4.77. The lowest BCUT2D eigenvalue weighted by molar-refractivity contribution is 0.600. The van der Waals surface area contributed by atoms with E-state index >= 15 is 0 Å². The Kier molecular flexibility index (Phi) is 4.98. The van der Waals surface area contributed by atoms with Crippen molar-refractivity contribution >= 4 is 15.8 Å². The highest BCUT2D eigenvalue weighted by Gasteiger charge is 2.15. The summed E-state index contributed by atoms with van der Waals surface area (Å²) in [6.07, 6.45) is 2.61. The lowest BCUT2D eigenvalue weighted by Gasteiger charge is -2.09. The summed E-state index contributed by atoms with van der Waals surface area (Å²) >= 11 is 0. The minimum Gasteiger partial charge on any atom is -0.313 e. The van der Waals surface area contributed by atoms with E-state index in [1.165, 1.54) is 4.68 Å². The summed E-state index contributed by atoms with van der Waals surface area (Å²) in [7, 11) is -1.90. The second kappa shape index (κ2) is 6.73. The number of anilines is 1. The van der Waals surface area contributed by atoms with Crippen LogP contribution in [0.4, 0.5) is 5.82 Å². The highest BCUT2D eigenvalue weighted by molar-refractivity contribution is 7.92. The maximum absolute atomic E-state index is 12.3. The van der Waals surface area contributed by atoms with Crippen molar-refractivity contribution < 1.29 is 8.42 Å². The van der Waals surface area contributed by atoms with Gasteiger partial charge in [0.15, 0.2) is 0 Å². The van der Waals surface area contributed by atoms with Gasteiger partial charge in [-0.1, -0.05) is 19.1 Å². The number of hydrogen-bond donors (Lipinski definition) is 2. The minimum atomic E-state index is -3.58. The molecule has 1 aromatic heterocycles. The molecule has 0 bridgehead atoms. The topological polar surface area (TPSA) is 76.0 Å². The second-order valence-corrected chi connectivity index (χ2v) is 6.45. The van der Waals surface area contributed by atoms with Crippen LogP contribution in [-0.4, -0.2) is 24.7 Å². The highest BCUT2D eigenvalue weighted by Crippen LogP contribution is 2.15. The van der Waals surface area contributed by atoms with Gasteiger partial charge >= 0.3 is 0 Å². The van der Waals surface area contributed by atoms with Crippen LogP contribution < -0.4 is 10.0 Å². The van der Waals surface area contributed by atoms with Crippen LogP contribution in [0.25, 0.3) is 0 Å². The molecule has 0 fully saturated rings. The zero-order valence-electron chi connectivity index (χ0n) is 12.2. The molecule has 0 amide bonds. The van der Waals surface area contributed by atoms with E-state index < -0.39 is 10.0 Å². The van der Waals surface area contributed by atoms with Crippen LogP contribution in [0.5, 0.6) is 0 Å². The lowest BCUT2D eigenvalue weighted by atomic mass is 10.2. The Morgan fingerprint density at radius 3 is 2.48 bits per heavy atom. The molecule has 7 heteroatoms. The quantitative estimate of drug-likeness (QED) is 0.764. The molecule has 0 spiro atoms. The van der Waals surface area contributed by atoms with E-state index in [9.17, 15) is 8.42 Å². The fourth-order valence-electron chi connectivity index (χ4n) is 1.87. The van der Waals surface area contributed by atoms with Crippen LogP contribution in [0.15, 0.2) is 41.4 Å². The summed E-state index contributed by atoms with van der Waals surface area (Å²) in [5, 5.41) is 7.21. The van der Waals surface area contributed by atoms with E-state index in [0.717, 1.165) is 25.1 Å². The zero-order chi connectivity index (χ0) is 15.3. The molecular formula is C14H20N4O2S. The van der Waals surface area contributed by atoms with Crippen LogP contribution >= 0.6 is 0 Å². The van der Waals surface area contributed by atoms with Crippen molar-refractivity contribution in [2.75, 3.05) is 11.3 Å². The van der Waals surface area contributed by atoms with Crippen molar-refractivity contribution in [3.05, 3.63) is 42.1 Å². The SMILES string of the molecule is CCCNCc1ccc(S(=O)(=O)Nc2ccnn2C)cc1. The van der Waals surface area contributed by atoms with Gasteiger partial charge in [-0.2, -0.15) is 5.10 Å². The van der Waals surface area contributed by atoms with Gasteiger partial charge in [0.2, 0.25) is 0 Å². The van der Waals surface area contributed by atoms with Gasteiger partial charge in [-0.25, -0.2) is 8.42 Å². The van der Waals surface area contributed by atoms with Crippen molar-refractivity contribution in [1.82, 2.24) is 15.1 Å². The average Bonchev–Trinajstić information content (AvgIpc) is 2.84. The van der Waals surface area contributed by atoms with Crippen LogP contribution in [0.3, 0.4) is 0 Å². The highest BCUT2D eigenvalue weighted by atomic mass is 32.2. The number of nitrogens with one attached hydrogen (secondary N) is 2. The first-order chi connectivity index (χ1) is 10.0. The third kappa shape index (κ3) is 4.05. The number of benzene rings is 1. The average molecular weight is 308 g/mol. The number of aryl methyl sites for hydroxylation is 1. The molecule has 114 valence electrons. The van der Waals surface area contributed by atoms with Gasteiger partial charge in [0.1, 0.15) is 5.82 Å². The van der Waals surface area contributed by atoms with Crippen molar-refractivity contribution in [3.8, 4) is 0 Å². The van der Waals surface area contributed by atoms with Gasteiger partial charge in [0.05, 0.1) is 11.1 Å². The molecule has 0 unspecified atom stereocenters. The van der Waals surface area contributed by atoms with Crippen LogP contribution in [0.2, 0.25) is 0 Å². The summed E-state index contributed by atoms with van der Waals surface area (Å²) < 4.78 is 28.5. The van der Waals surface area contributed by atoms with E-state index in [0.29, 0.717) is 5.82 Å². The van der Waals surface area contributed by atoms with Gasteiger partial charge in [0.25, 0.3) is 10.0 Å². The first-order valence-electron chi connectivity index (χ1n) is 6.83. The Labute approximate surface area is 125 Å². The molecule has 0 aliphatic heterocycles. The van der Waals surface area contributed by atoms with Gasteiger partial charge in [0, 0.05) is 19.7 Å². The van der Waals surface area contributed by atoms with E-state index in [-0.39, 0.29) is 4.90 Å². The molecule has 1 aromatic carbocycles. The van der Waals surface area contributed by atoms with Crippen LogP contribution in [0.1, 0.15) is 18.9 Å². The van der Waals surface area contributed by atoms with E-state index in [2.05, 4.69) is 22.1 Å². The summed E-state index contributed by atoms with van der Waals surface area (Å²) in [5.41, 5.74) is 1.06. The number of sulfonamides is 1. The molecule has 6 nitrogen and oxygen atoms in total. The minimum absolute atomic E-state index is 0.239. The fourth-order valence-corrected chi connectivity index (χ4v) is 2.95. The Bertz CT molecular complexity index is 677. The smallest absolute Gasteiger partial charge is 0.263 e. The number of aromatic nitrogens is 2. The van der Waals surface area contributed by atoms with Crippen molar-refractivity contribution in [1.29, 1.82) is 0 Å². The zero-order valence-corrected chi connectivity index (χ0v) is 13.0. The largest absolute Gasteiger partial charge is 0.313 e. The van der Waals surface area contributed by atoms with Crippen molar-refractivity contribution in [2.24, 2.45) is 7.05 Å². The Balaban J connectivity index is 2.08. The van der Waals surface area contributed by atoms with Crippen LogP contribution in [0, 0.1) is 0 Å². The molecule has 21 heavy (non-hydrogen) atoms. The Hall–Kier alpha value is -1.86. The molecule has 0 aliphatic rings. The molecule has 2 N–H and O–H groups in total. The molecule has 0 aliphatic carbocycles. The van der Waals surface area contributed by atoms with Crippen molar-refractivity contribution in [3.63, 3.8) is 0 Å². The first-order valence-corrected chi connectivity index (χ1v) is 8.31. The molecule has 2 aromatic rings. The maximum atomic E-state index is 12.3.